The van der Waals surface area contributed by atoms with Crippen molar-refractivity contribution >= 4 is 33.0 Å². The normalized spacial score (nSPS) is 11.3. The quantitative estimate of drug-likeness (QED) is 0.678. The molecule has 0 atom stereocenters. The van der Waals surface area contributed by atoms with E-state index in [9.17, 15) is 27.1 Å². The number of benzene rings is 2. The van der Waals surface area contributed by atoms with Crippen LogP contribution in [0.3, 0.4) is 0 Å². The molecule has 0 aliphatic heterocycles. The molecule has 1 heterocycles. The Morgan fingerprint density at radius 3 is 2.31 bits per heavy atom. The van der Waals surface area contributed by atoms with E-state index in [0.717, 1.165) is 23.0 Å². The molecule has 0 radical (unpaired) electrons. The Bertz CT molecular complexity index is 1080. The van der Waals surface area contributed by atoms with Crippen LogP contribution in [0.1, 0.15) is 9.67 Å². The second-order valence-electron chi connectivity index (χ2n) is 5.21. The number of nitrogens with one attached hydrogen (secondary N) is 1. The Morgan fingerprint density at radius 2 is 1.69 bits per heavy atom. The van der Waals surface area contributed by atoms with Gasteiger partial charge < -0.3 is 5.11 Å². The molecule has 0 aliphatic rings. The molecule has 3 aromatic rings. The number of anilines is 1. The number of hydrogen-bond donors (Lipinski definition) is 2. The predicted octanol–water partition coefficient (Wildman–Crippen LogP) is 4.19. The van der Waals surface area contributed by atoms with Crippen molar-refractivity contribution in [2.45, 2.75) is 4.90 Å². The molecule has 2 aromatic carbocycles. The summed E-state index contributed by atoms with van der Waals surface area (Å²) in [6.07, 6.45) is 0. The van der Waals surface area contributed by atoms with Crippen molar-refractivity contribution in [2.24, 2.45) is 0 Å². The van der Waals surface area contributed by atoms with Crippen molar-refractivity contribution in [3.8, 4) is 10.4 Å². The number of aromatic carboxylic acids is 1. The van der Waals surface area contributed by atoms with Gasteiger partial charge in [-0.15, -0.1) is 11.3 Å². The van der Waals surface area contributed by atoms with Gasteiger partial charge in [-0.2, -0.15) is 0 Å². The SMILES string of the molecule is O=C(O)c1sc(-c2ccccc2)cc1NS(=O)(=O)c1ccc(F)c(F)c1. The summed E-state index contributed by atoms with van der Waals surface area (Å²) in [5.41, 5.74) is 0.573. The van der Waals surface area contributed by atoms with E-state index in [1.165, 1.54) is 6.07 Å². The molecule has 0 unspecified atom stereocenters. The van der Waals surface area contributed by atoms with Gasteiger partial charge in [-0.05, 0) is 29.8 Å². The van der Waals surface area contributed by atoms with Crippen molar-refractivity contribution in [2.75, 3.05) is 4.72 Å². The van der Waals surface area contributed by atoms with Gasteiger partial charge >= 0.3 is 5.97 Å². The van der Waals surface area contributed by atoms with Gasteiger partial charge in [-0.3, -0.25) is 4.72 Å². The molecule has 0 amide bonds. The minimum atomic E-state index is -4.29. The lowest BCUT2D eigenvalue weighted by Crippen LogP contribution is -2.14. The first-order chi connectivity index (χ1) is 12.3. The Labute approximate surface area is 151 Å². The number of carboxylic acid groups (broad SMARTS) is 1. The van der Waals surface area contributed by atoms with Gasteiger partial charge in [0.1, 0.15) is 4.88 Å². The van der Waals surface area contributed by atoms with E-state index in [1.807, 2.05) is 0 Å². The van der Waals surface area contributed by atoms with Crippen LogP contribution in [0.15, 0.2) is 59.5 Å². The molecule has 0 aliphatic carbocycles. The van der Waals surface area contributed by atoms with Crippen molar-refractivity contribution in [1.29, 1.82) is 0 Å². The molecule has 0 fully saturated rings. The molecule has 134 valence electrons. The maximum absolute atomic E-state index is 13.3. The largest absolute Gasteiger partial charge is 0.477 e. The fraction of sp³-hybridized carbons (Fsp3) is 0. The van der Waals surface area contributed by atoms with Crippen molar-refractivity contribution in [3.63, 3.8) is 0 Å². The lowest BCUT2D eigenvalue weighted by atomic mass is 10.2. The fourth-order valence-electron chi connectivity index (χ4n) is 2.22. The summed E-state index contributed by atoms with van der Waals surface area (Å²) in [6.45, 7) is 0. The highest BCUT2D eigenvalue weighted by atomic mass is 32.2. The van der Waals surface area contributed by atoms with Gasteiger partial charge in [-0.25, -0.2) is 22.0 Å². The van der Waals surface area contributed by atoms with Crippen molar-refractivity contribution in [1.82, 2.24) is 0 Å². The van der Waals surface area contributed by atoms with Crippen LogP contribution in [-0.2, 0) is 10.0 Å². The summed E-state index contributed by atoms with van der Waals surface area (Å²) < 4.78 is 53.3. The smallest absolute Gasteiger partial charge is 0.348 e. The molecule has 2 N–H and O–H groups in total. The van der Waals surface area contributed by atoms with Crippen LogP contribution in [0.4, 0.5) is 14.5 Å². The lowest BCUT2D eigenvalue weighted by molar-refractivity contribution is 0.0703. The van der Waals surface area contributed by atoms with Crippen LogP contribution in [0.5, 0.6) is 0 Å². The average molecular weight is 395 g/mol. The first-order valence-corrected chi connectivity index (χ1v) is 9.48. The Balaban J connectivity index is 2.02. The lowest BCUT2D eigenvalue weighted by Gasteiger charge is -2.07. The molecule has 0 spiro atoms. The molecule has 0 saturated heterocycles. The van der Waals surface area contributed by atoms with E-state index in [-0.39, 0.29) is 10.6 Å². The summed E-state index contributed by atoms with van der Waals surface area (Å²) >= 11 is 0.902. The molecule has 9 heteroatoms. The zero-order valence-electron chi connectivity index (χ0n) is 12.9. The summed E-state index contributed by atoms with van der Waals surface area (Å²) in [7, 11) is -4.29. The van der Waals surface area contributed by atoms with Crippen LogP contribution in [0.25, 0.3) is 10.4 Å². The zero-order valence-corrected chi connectivity index (χ0v) is 14.6. The van der Waals surface area contributed by atoms with Gasteiger partial charge in [0.25, 0.3) is 10.0 Å². The molecular weight excluding hydrogens is 384 g/mol. The number of rotatable bonds is 5. The summed E-state index contributed by atoms with van der Waals surface area (Å²) in [5.74, 6) is -3.81. The fourth-order valence-corrected chi connectivity index (χ4v) is 4.31. The van der Waals surface area contributed by atoms with Gasteiger partial charge in [0.05, 0.1) is 10.6 Å². The Hall–Kier alpha value is -2.78. The number of carboxylic acids is 1. The molecule has 26 heavy (non-hydrogen) atoms. The molecule has 5 nitrogen and oxygen atoms in total. The molecule has 1 aromatic heterocycles. The maximum atomic E-state index is 13.3. The number of hydrogen-bond acceptors (Lipinski definition) is 4. The van der Waals surface area contributed by atoms with Gasteiger partial charge in [0.2, 0.25) is 0 Å². The first-order valence-electron chi connectivity index (χ1n) is 7.18. The summed E-state index contributed by atoms with van der Waals surface area (Å²) in [5, 5.41) is 9.34. The predicted molar refractivity (Wildman–Crippen MR) is 93.9 cm³/mol. The van der Waals surface area contributed by atoms with E-state index in [2.05, 4.69) is 4.72 Å². The van der Waals surface area contributed by atoms with Gasteiger partial charge in [-0.1, -0.05) is 30.3 Å². The maximum Gasteiger partial charge on any atom is 0.348 e. The third-order valence-electron chi connectivity index (χ3n) is 3.43. The van der Waals surface area contributed by atoms with Crippen molar-refractivity contribution < 1.29 is 27.1 Å². The molecule has 0 saturated carbocycles. The number of thiophene rings is 1. The van der Waals surface area contributed by atoms with E-state index in [4.69, 9.17) is 0 Å². The highest BCUT2D eigenvalue weighted by molar-refractivity contribution is 7.92. The third-order valence-corrected chi connectivity index (χ3v) is 5.97. The van der Waals surface area contributed by atoms with Gasteiger partial charge in [0, 0.05) is 4.88 Å². The Morgan fingerprint density at radius 1 is 1.00 bits per heavy atom. The monoisotopic (exact) mass is 395 g/mol. The van der Waals surface area contributed by atoms with Crippen LogP contribution < -0.4 is 4.72 Å². The van der Waals surface area contributed by atoms with Crippen LogP contribution in [0, 0.1) is 11.6 Å². The molecular formula is C17H11F2NO4S2. The topological polar surface area (TPSA) is 83.5 Å². The molecule has 3 rings (SSSR count). The molecule has 0 bridgehead atoms. The standard InChI is InChI=1S/C17H11F2NO4S2/c18-12-7-6-11(8-13(12)19)26(23,24)20-14-9-15(25-16(14)17(21)22)10-4-2-1-3-5-10/h1-9,20H,(H,21,22). The van der Waals surface area contributed by atoms with Crippen LogP contribution in [0.2, 0.25) is 0 Å². The van der Waals surface area contributed by atoms with Gasteiger partial charge in [0.15, 0.2) is 11.6 Å². The first kappa shape index (κ1) is 18.0. The average Bonchev–Trinajstić information content (AvgIpc) is 3.01. The summed E-state index contributed by atoms with van der Waals surface area (Å²) in [4.78, 5) is 11.3. The zero-order chi connectivity index (χ0) is 18.9. The van der Waals surface area contributed by atoms with Crippen LogP contribution >= 0.6 is 11.3 Å². The number of halogens is 2. The number of carbonyl (C=O) groups is 1. The van der Waals surface area contributed by atoms with Crippen LogP contribution in [-0.4, -0.2) is 19.5 Å². The summed E-state index contributed by atoms with van der Waals surface area (Å²) in [6, 6.07) is 12.3. The van der Waals surface area contributed by atoms with Crippen molar-refractivity contribution in [3.05, 3.63) is 71.1 Å². The Kier molecular flexibility index (Phi) is 4.75. The minimum absolute atomic E-state index is 0.147. The van der Waals surface area contributed by atoms with E-state index < -0.39 is 32.5 Å². The van der Waals surface area contributed by atoms with E-state index in [1.54, 1.807) is 30.3 Å². The second-order valence-corrected chi connectivity index (χ2v) is 7.94. The number of sulfonamides is 1. The minimum Gasteiger partial charge on any atom is -0.477 e. The van der Waals surface area contributed by atoms with E-state index >= 15 is 0 Å². The highest BCUT2D eigenvalue weighted by Crippen LogP contribution is 2.36. The highest BCUT2D eigenvalue weighted by Gasteiger charge is 2.23. The second kappa shape index (κ2) is 6.85. The third kappa shape index (κ3) is 3.58. The van der Waals surface area contributed by atoms with E-state index in [0.29, 0.717) is 17.0 Å².